The molecule has 0 aromatic carbocycles. The van der Waals surface area contributed by atoms with Gasteiger partial charge in [-0.05, 0) is 64.7 Å². The summed E-state index contributed by atoms with van der Waals surface area (Å²) in [5.41, 5.74) is 3.74. The fraction of sp³-hybridized carbons (Fsp3) is 0.483. The second kappa shape index (κ2) is 10.5. The molecule has 2 aliphatic heterocycles. The first kappa shape index (κ1) is 26.2. The van der Waals surface area contributed by atoms with Crippen LogP contribution in [0.15, 0.2) is 42.9 Å². The fourth-order valence-corrected chi connectivity index (χ4v) is 5.36. The van der Waals surface area contributed by atoms with Crippen molar-refractivity contribution in [3.63, 3.8) is 0 Å². The van der Waals surface area contributed by atoms with Crippen molar-refractivity contribution in [1.29, 1.82) is 0 Å². The number of nitrogens with zero attached hydrogens (tertiary/aromatic N) is 7. The number of rotatable bonds is 5. The van der Waals surface area contributed by atoms with Crippen LogP contribution in [0.4, 0.5) is 10.6 Å². The molecular formula is C29H36N8O3. The van der Waals surface area contributed by atoms with Crippen molar-refractivity contribution in [2.75, 3.05) is 24.6 Å². The Bertz CT molecular complexity index is 1520. The van der Waals surface area contributed by atoms with Gasteiger partial charge >= 0.3 is 6.09 Å². The summed E-state index contributed by atoms with van der Waals surface area (Å²) < 4.78 is 15.3. The summed E-state index contributed by atoms with van der Waals surface area (Å²) in [5.74, 6) is 0.851. The molecule has 40 heavy (non-hydrogen) atoms. The molecule has 2 fully saturated rings. The molecule has 1 N–H and O–H groups in total. The predicted molar refractivity (Wildman–Crippen MR) is 152 cm³/mol. The summed E-state index contributed by atoms with van der Waals surface area (Å²) in [4.78, 5) is 24.3. The first-order valence-corrected chi connectivity index (χ1v) is 13.9. The van der Waals surface area contributed by atoms with Crippen LogP contribution in [0.1, 0.15) is 52.7 Å². The van der Waals surface area contributed by atoms with Gasteiger partial charge in [0.05, 0.1) is 35.3 Å². The van der Waals surface area contributed by atoms with E-state index in [9.17, 15) is 4.79 Å². The molecule has 11 nitrogen and oxygen atoms in total. The van der Waals surface area contributed by atoms with E-state index in [1.165, 1.54) is 0 Å². The maximum absolute atomic E-state index is 12.3. The van der Waals surface area contributed by atoms with Crippen molar-refractivity contribution >= 4 is 22.8 Å². The number of nitrogens with one attached hydrogen (secondary N) is 1. The normalized spacial score (nSPS) is 19.8. The maximum atomic E-state index is 12.3. The van der Waals surface area contributed by atoms with Gasteiger partial charge < -0.3 is 19.7 Å². The van der Waals surface area contributed by atoms with E-state index in [1.807, 2.05) is 69.3 Å². The van der Waals surface area contributed by atoms with E-state index in [4.69, 9.17) is 24.5 Å². The quantitative estimate of drug-likeness (QED) is 0.385. The lowest BCUT2D eigenvalue weighted by Gasteiger charge is -2.23. The van der Waals surface area contributed by atoms with Gasteiger partial charge in [-0.25, -0.2) is 14.5 Å². The monoisotopic (exact) mass is 544 g/mol. The molecule has 0 radical (unpaired) electrons. The number of ether oxygens (including phenoxy) is 2. The number of aromatic nitrogens is 6. The molecule has 0 aliphatic carbocycles. The van der Waals surface area contributed by atoms with Crippen molar-refractivity contribution in [2.45, 2.75) is 64.3 Å². The van der Waals surface area contributed by atoms with E-state index in [0.29, 0.717) is 6.54 Å². The average molecular weight is 545 g/mol. The smallest absolute Gasteiger partial charge is 0.407 e. The molecule has 2 aliphatic rings. The molecule has 210 valence electrons. The molecule has 4 aromatic heterocycles. The summed E-state index contributed by atoms with van der Waals surface area (Å²) in [6, 6.07) is 8.08. The lowest BCUT2D eigenvalue weighted by molar-refractivity contribution is -0.0365. The Kier molecular flexibility index (Phi) is 6.91. The van der Waals surface area contributed by atoms with Gasteiger partial charge in [-0.2, -0.15) is 10.2 Å². The highest BCUT2D eigenvalue weighted by Crippen LogP contribution is 2.34. The number of amides is 1. The summed E-state index contributed by atoms with van der Waals surface area (Å²) in [6.07, 6.45) is 9.03. The topological polar surface area (TPSA) is 112 Å². The largest absolute Gasteiger partial charge is 0.444 e. The van der Waals surface area contributed by atoms with Gasteiger partial charge in [0, 0.05) is 43.9 Å². The number of hydrogen-bond donors (Lipinski definition) is 1. The third kappa shape index (κ3) is 5.51. The van der Waals surface area contributed by atoms with E-state index in [1.54, 1.807) is 4.68 Å². The SMILES string of the molecule is Cn1cc(-c2cc3c(-c4cccc(N5CC[C@@H](NC(=O)OC(C)(C)C)C5)n4)nn(C4CCCCO4)c3cn2)cn1. The van der Waals surface area contributed by atoms with Crippen molar-refractivity contribution < 1.29 is 14.3 Å². The molecule has 4 aromatic rings. The van der Waals surface area contributed by atoms with E-state index < -0.39 is 5.60 Å². The highest BCUT2D eigenvalue weighted by atomic mass is 16.6. The number of pyridine rings is 2. The zero-order valence-corrected chi connectivity index (χ0v) is 23.5. The summed E-state index contributed by atoms with van der Waals surface area (Å²) >= 11 is 0. The van der Waals surface area contributed by atoms with Gasteiger partial charge in [-0.1, -0.05) is 6.07 Å². The second-order valence-electron chi connectivity index (χ2n) is 11.6. The molecule has 2 saturated heterocycles. The Labute approximate surface area is 233 Å². The molecule has 0 saturated carbocycles. The van der Waals surface area contributed by atoms with Gasteiger partial charge in [0.25, 0.3) is 0 Å². The Morgan fingerprint density at radius 2 is 2.02 bits per heavy atom. The molecule has 0 spiro atoms. The minimum Gasteiger partial charge on any atom is -0.444 e. The second-order valence-corrected chi connectivity index (χ2v) is 11.6. The van der Waals surface area contributed by atoms with Crippen molar-refractivity contribution in [3.8, 4) is 22.6 Å². The van der Waals surface area contributed by atoms with Crippen LogP contribution in [-0.4, -0.2) is 67.0 Å². The summed E-state index contributed by atoms with van der Waals surface area (Å²) in [7, 11) is 1.90. The van der Waals surface area contributed by atoms with E-state index in [0.717, 1.165) is 78.2 Å². The van der Waals surface area contributed by atoms with Gasteiger partial charge in [0.2, 0.25) is 0 Å². The molecule has 11 heteroatoms. The van der Waals surface area contributed by atoms with E-state index in [-0.39, 0.29) is 18.4 Å². The van der Waals surface area contributed by atoms with Gasteiger partial charge in [-0.3, -0.25) is 9.67 Å². The van der Waals surface area contributed by atoms with E-state index in [2.05, 4.69) is 21.4 Å². The van der Waals surface area contributed by atoms with Crippen LogP contribution >= 0.6 is 0 Å². The minimum absolute atomic E-state index is 0.00286. The zero-order valence-electron chi connectivity index (χ0n) is 23.5. The summed E-state index contributed by atoms with van der Waals surface area (Å²) in [6.45, 7) is 7.77. The van der Waals surface area contributed by atoms with Crippen LogP contribution in [0, 0.1) is 0 Å². The number of carbonyl (C=O) groups is 1. The lowest BCUT2D eigenvalue weighted by Crippen LogP contribution is -2.40. The maximum Gasteiger partial charge on any atom is 0.407 e. The van der Waals surface area contributed by atoms with Crippen molar-refractivity contribution in [1.82, 2.24) is 34.8 Å². The van der Waals surface area contributed by atoms with Gasteiger partial charge in [-0.15, -0.1) is 0 Å². The highest BCUT2D eigenvalue weighted by molar-refractivity contribution is 5.94. The Hall–Kier alpha value is -3.99. The molecule has 2 atom stereocenters. The van der Waals surface area contributed by atoms with Crippen molar-refractivity contribution in [2.24, 2.45) is 7.05 Å². The highest BCUT2D eigenvalue weighted by Gasteiger charge is 2.28. The number of hydrogen-bond acceptors (Lipinski definition) is 8. The molecule has 6 rings (SSSR count). The average Bonchev–Trinajstić information content (AvgIpc) is 3.66. The van der Waals surface area contributed by atoms with Crippen LogP contribution in [0.5, 0.6) is 0 Å². The van der Waals surface area contributed by atoms with Crippen LogP contribution in [0.25, 0.3) is 33.5 Å². The van der Waals surface area contributed by atoms with Crippen LogP contribution in [0.2, 0.25) is 0 Å². The number of carbonyl (C=O) groups excluding carboxylic acids is 1. The number of alkyl carbamates (subject to hydrolysis) is 1. The minimum atomic E-state index is -0.528. The molecule has 6 heterocycles. The van der Waals surface area contributed by atoms with Crippen LogP contribution in [0.3, 0.4) is 0 Å². The van der Waals surface area contributed by atoms with Crippen LogP contribution in [-0.2, 0) is 16.5 Å². The van der Waals surface area contributed by atoms with Gasteiger partial charge in [0.1, 0.15) is 17.1 Å². The molecule has 1 unspecified atom stereocenters. The Morgan fingerprint density at radius 1 is 1.15 bits per heavy atom. The predicted octanol–water partition coefficient (Wildman–Crippen LogP) is 4.70. The molecular weight excluding hydrogens is 508 g/mol. The Morgan fingerprint density at radius 3 is 2.77 bits per heavy atom. The molecule has 0 bridgehead atoms. The van der Waals surface area contributed by atoms with E-state index >= 15 is 0 Å². The van der Waals surface area contributed by atoms with Gasteiger partial charge in [0.15, 0.2) is 6.23 Å². The Balaban J connectivity index is 1.31. The lowest BCUT2D eigenvalue weighted by atomic mass is 10.1. The fourth-order valence-electron chi connectivity index (χ4n) is 5.36. The number of anilines is 1. The number of fused-ring (bicyclic) bond motifs is 1. The molecule has 1 amide bonds. The zero-order chi connectivity index (χ0) is 27.9. The standard InChI is InChI=1S/C29H36N8O3/c1-29(2,3)40-28(38)32-20-11-12-36(18-20)25-9-7-8-22(33-25)27-21-14-23(19-15-31-35(4)17-19)30-16-24(21)37(34-27)26-10-5-6-13-39-26/h7-9,14-17,20,26H,5-6,10-13,18H2,1-4H3,(H,32,38)/t20-,26?/m1/s1. The van der Waals surface area contributed by atoms with Crippen molar-refractivity contribution in [3.05, 3.63) is 42.9 Å². The van der Waals surface area contributed by atoms with Crippen LogP contribution < -0.4 is 10.2 Å². The third-order valence-electron chi connectivity index (χ3n) is 7.23. The third-order valence-corrected chi connectivity index (χ3v) is 7.23. The summed E-state index contributed by atoms with van der Waals surface area (Å²) in [5, 5.41) is 13.3. The number of aryl methyl sites for hydroxylation is 1. The first-order chi connectivity index (χ1) is 19.2. The first-order valence-electron chi connectivity index (χ1n) is 13.9.